The molecule has 0 bridgehead atoms. The fourth-order valence-corrected chi connectivity index (χ4v) is 2.03. The average molecular weight is 251 g/mol. The minimum absolute atomic E-state index is 0.284. The Balaban J connectivity index is 2.43. The highest BCUT2D eigenvalue weighted by Crippen LogP contribution is 2.28. The first kappa shape index (κ1) is 12.9. The SMILES string of the molecule is CC#CCC1=C(c2ccc(C#N)cc2)CCOC1=O. The molecule has 19 heavy (non-hydrogen) atoms. The van der Waals surface area contributed by atoms with Gasteiger partial charge in [-0.15, -0.1) is 5.92 Å². The Bertz CT molecular complexity index is 621. The topological polar surface area (TPSA) is 50.1 Å². The van der Waals surface area contributed by atoms with Gasteiger partial charge in [-0.3, -0.25) is 0 Å². The molecular weight excluding hydrogens is 238 g/mol. The molecule has 0 saturated carbocycles. The van der Waals surface area contributed by atoms with Crippen LogP contribution in [0.1, 0.15) is 30.9 Å². The van der Waals surface area contributed by atoms with E-state index in [0.29, 0.717) is 30.6 Å². The van der Waals surface area contributed by atoms with Crippen LogP contribution in [0, 0.1) is 23.2 Å². The highest BCUT2D eigenvalue weighted by molar-refractivity contribution is 5.99. The zero-order chi connectivity index (χ0) is 13.7. The third-order valence-electron chi connectivity index (χ3n) is 3.00. The molecule has 1 aromatic rings. The molecule has 1 aliphatic rings. The predicted molar refractivity (Wildman–Crippen MR) is 71.7 cm³/mol. The highest BCUT2D eigenvalue weighted by atomic mass is 16.5. The lowest BCUT2D eigenvalue weighted by Gasteiger charge is -2.19. The number of carbonyl (C=O) groups is 1. The number of hydrogen-bond acceptors (Lipinski definition) is 3. The van der Waals surface area contributed by atoms with Crippen molar-refractivity contribution in [1.29, 1.82) is 5.26 Å². The second-order valence-corrected chi connectivity index (χ2v) is 4.14. The molecule has 0 atom stereocenters. The van der Waals surface area contributed by atoms with Gasteiger partial charge in [0.2, 0.25) is 0 Å². The quantitative estimate of drug-likeness (QED) is 0.599. The van der Waals surface area contributed by atoms with Crippen LogP contribution in [0.25, 0.3) is 5.57 Å². The molecule has 1 heterocycles. The summed E-state index contributed by atoms with van der Waals surface area (Å²) in [6.07, 6.45) is 1.10. The van der Waals surface area contributed by atoms with E-state index in [1.54, 1.807) is 19.1 Å². The molecule has 0 fully saturated rings. The third-order valence-corrected chi connectivity index (χ3v) is 3.00. The second kappa shape index (κ2) is 5.89. The number of esters is 1. The normalized spacial score (nSPS) is 14.2. The first-order chi connectivity index (χ1) is 9.26. The standard InChI is InChI=1S/C16H13NO2/c1-2-3-4-15-14(9-10-19-16(15)18)13-7-5-12(11-17)6-8-13/h5-8H,4,9-10H2,1H3. The van der Waals surface area contributed by atoms with Crippen molar-refractivity contribution in [2.45, 2.75) is 19.8 Å². The minimum Gasteiger partial charge on any atom is -0.462 e. The van der Waals surface area contributed by atoms with Crippen LogP contribution in [-0.2, 0) is 9.53 Å². The van der Waals surface area contributed by atoms with Gasteiger partial charge in [-0.1, -0.05) is 18.1 Å². The van der Waals surface area contributed by atoms with Crippen molar-refractivity contribution in [2.75, 3.05) is 6.61 Å². The number of cyclic esters (lactones) is 1. The molecule has 0 unspecified atom stereocenters. The molecule has 0 aromatic heterocycles. The van der Waals surface area contributed by atoms with Crippen LogP contribution >= 0.6 is 0 Å². The van der Waals surface area contributed by atoms with Crippen LogP contribution in [0.3, 0.4) is 0 Å². The van der Waals surface area contributed by atoms with Crippen LogP contribution in [0.4, 0.5) is 0 Å². The first-order valence-electron chi connectivity index (χ1n) is 6.05. The second-order valence-electron chi connectivity index (χ2n) is 4.14. The van der Waals surface area contributed by atoms with Gasteiger partial charge < -0.3 is 4.74 Å². The molecule has 0 amide bonds. The zero-order valence-electron chi connectivity index (χ0n) is 10.7. The fourth-order valence-electron chi connectivity index (χ4n) is 2.03. The number of ether oxygens (including phenoxy) is 1. The van der Waals surface area contributed by atoms with E-state index in [-0.39, 0.29) is 5.97 Å². The van der Waals surface area contributed by atoms with Gasteiger partial charge >= 0.3 is 5.97 Å². The van der Waals surface area contributed by atoms with Crippen LogP contribution in [0.5, 0.6) is 0 Å². The van der Waals surface area contributed by atoms with Crippen molar-refractivity contribution in [3.8, 4) is 17.9 Å². The number of benzene rings is 1. The van der Waals surface area contributed by atoms with E-state index >= 15 is 0 Å². The van der Waals surface area contributed by atoms with E-state index < -0.39 is 0 Å². The molecule has 3 nitrogen and oxygen atoms in total. The van der Waals surface area contributed by atoms with Gasteiger partial charge in [0, 0.05) is 12.8 Å². The summed E-state index contributed by atoms with van der Waals surface area (Å²) in [7, 11) is 0. The lowest BCUT2D eigenvalue weighted by molar-refractivity contribution is -0.139. The van der Waals surface area contributed by atoms with Crippen LogP contribution < -0.4 is 0 Å². The van der Waals surface area contributed by atoms with Crippen molar-refractivity contribution in [2.24, 2.45) is 0 Å². The monoisotopic (exact) mass is 251 g/mol. The van der Waals surface area contributed by atoms with Gasteiger partial charge in [-0.2, -0.15) is 5.26 Å². The third kappa shape index (κ3) is 2.84. The Kier molecular flexibility index (Phi) is 4.00. The summed E-state index contributed by atoms with van der Waals surface area (Å²) in [5, 5.41) is 8.79. The summed E-state index contributed by atoms with van der Waals surface area (Å²) >= 11 is 0. The molecule has 1 aromatic carbocycles. The number of nitriles is 1. The van der Waals surface area contributed by atoms with E-state index in [9.17, 15) is 4.79 Å². The first-order valence-corrected chi connectivity index (χ1v) is 6.05. The number of carbonyl (C=O) groups excluding carboxylic acids is 1. The molecule has 0 N–H and O–H groups in total. The molecule has 0 saturated heterocycles. The number of nitrogens with zero attached hydrogens (tertiary/aromatic N) is 1. The van der Waals surface area contributed by atoms with Crippen molar-refractivity contribution >= 4 is 11.5 Å². The largest absolute Gasteiger partial charge is 0.462 e. The summed E-state index contributed by atoms with van der Waals surface area (Å²) in [6, 6.07) is 9.33. The Morgan fingerprint density at radius 1 is 1.32 bits per heavy atom. The van der Waals surface area contributed by atoms with Crippen molar-refractivity contribution in [1.82, 2.24) is 0 Å². The van der Waals surface area contributed by atoms with Gasteiger partial charge in [-0.05, 0) is 30.2 Å². The molecule has 2 rings (SSSR count). The van der Waals surface area contributed by atoms with Crippen molar-refractivity contribution in [3.63, 3.8) is 0 Å². The Labute approximate surface area is 112 Å². The maximum Gasteiger partial charge on any atom is 0.335 e. The van der Waals surface area contributed by atoms with Crippen LogP contribution in [0.2, 0.25) is 0 Å². The highest BCUT2D eigenvalue weighted by Gasteiger charge is 2.22. The summed E-state index contributed by atoms with van der Waals surface area (Å²) < 4.78 is 5.07. The molecule has 0 spiro atoms. The van der Waals surface area contributed by atoms with Gasteiger partial charge in [0.25, 0.3) is 0 Å². The molecular formula is C16H13NO2. The van der Waals surface area contributed by atoms with E-state index in [2.05, 4.69) is 17.9 Å². The summed E-state index contributed by atoms with van der Waals surface area (Å²) in [6.45, 7) is 2.15. The van der Waals surface area contributed by atoms with Gasteiger partial charge in [0.1, 0.15) is 0 Å². The van der Waals surface area contributed by atoms with Gasteiger partial charge in [0.05, 0.1) is 23.8 Å². The Morgan fingerprint density at radius 3 is 2.68 bits per heavy atom. The maximum absolute atomic E-state index is 11.8. The molecule has 94 valence electrons. The number of hydrogen-bond donors (Lipinski definition) is 0. The molecule has 1 aliphatic heterocycles. The molecule has 0 radical (unpaired) electrons. The van der Waals surface area contributed by atoms with E-state index in [1.807, 2.05) is 12.1 Å². The Morgan fingerprint density at radius 2 is 2.05 bits per heavy atom. The Hall–Kier alpha value is -2.52. The van der Waals surface area contributed by atoms with Crippen molar-refractivity contribution in [3.05, 3.63) is 41.0 Å². The fraction of sp³-hybridized carbons (Fsp3) is 0.250. The van der Waals surface area contributed by atoms with Gasteiger partial charge in [-0.25, -0.2) is 4.79 Å². The van der Waals surface area contributed by atoms with E-state index in [4.69, 9.17) is 10.00 Å². The number of rotatable bonds is 2. The smallest absolute Gasteiger partial charge is 0.335 e. The summed E-state index contributed by atoms with van der Waals surface area (Å²) in [4.78, 5) is 11.8. The van der Waals surface area contributed by atoms with Gasteiger partial charge in [0.15, 0.2) is 0 Å². The lowest BCUT2D eigenvalue weighted by Crippen LogP contribution is -2.17. The lowest BCUT2D eigenvalue weighted by atomic mass is 9.93. The van der Waals surface area contributed by atoms with Crippen molar-refractivity contribution < 1.29 is 9.53 Å². The predicted octanol–water partition coefficient (Wildman–Crippen LogP) is 2.67. The molecule has 0 aliphatic carbocycles. The van der Waals surface area contributed by atoms with E-state index in [1.165, 1.54) is 0 Å². The average Bonchev–Trinajstić information content (AvgIpc) is 2.46. The minimum atomic E-state index is -0.284. The maximum atomic E-state index is 11.8. The van der Waals surface area contributed by atoms with Crippen LogP contribution in [0.15, 0.2) is 29.8 Å². The van der Waals surface area contributed by atoms with Crippen LogP contribution in [-0.4, -0.2) is 12.6 Å². The zero-order valence-corrected chi connectivity index (χ0v) is 10.7. The van der Waals surface area contributed by atoms with E-state index in [0.717, 1.165) is 11.1 Å². The summed E-state index contributed by atoms with van der Waals surface area (Å²) in [5.74, 6) is 5.42. The summed E-state index contributed by atoms with van der Waals surface area (Å²) in [5.41, 5.74) is 3.18. The molecule has 3 heteroatoms.